The summed E-state index contributed by atoms with van der Waals surface area (Å²) in [5.74, 6) is 0. The third kappa shape index (κ3) is 8.82. The van der Waals surface area contributed by atoms with Crippen molar-refractivity contribution in [1.82, 2.24) is 4.90 Å². The van der Waals surface area contributed by atoms with Gasteiger partial charge in [-0.25, -0.2) is 0 Å². The van der Waals surface area contributed by atoms with Gasteiger partial charge in [0.05, 0.1) is 0 Å². The molecular weight excluding hydrogens is 151 g/mol. The predicted molar refractivity (Wildman–Crippen MR) is 22.6 cm³/mol. The molecule has 0 saturated carbocycles. The fourth-order valence-corrected chi connectivity index (χ4v) is 0. The van der Waals surface area contributed by atoms with Crippen LogP contribution in [0.5, 0.6) is 0 Å². The molecule has 0 amide bonds. The van der Waals surface area contributed by atoms with Crippen LogP contribution >= 0.6 is 0 Å². The minimum Gasteiger partial charge on any atom is -0.560 e. The van der Waals surface area contributed by atoms with Gasteiger partial charge in [0.2, 0.25) is 0 Å². The zero-order chi connectivity index (χ0) is 4.28. The molecule has 0 fully saturated rings. The van der Waals surface area contributed by atoms with Crippen LogP contribution in [0, 0.1) is 6.20 Å². The van der Waals surface area contributed by atoms with Crippen molar-refractivity contribution in [3.63, 3.8) is 0 Å². The van der Waals surface area contributed by atoms with Crippen molar-refractivity contribution in [3.05, 3.63) is 12.8 Å². The molecule has 0 aliphatic carbocycles. The molecule has 0 spiro atoms. The molecular formula is C4H8NY-. The van der Waals surface area contributed by atoms with Crippen LogP contribution in [0.4, 0.5) is 0 Å². The van der Waals surface area contributed by atoms with Gasteiger partial charge in [-0.1, -0.05) is 0 Å². The molecule has 1 radical (unpaired) electrons. The molecule has 0 aromatic carbocycles. The van der Waals surface area contributed by atoms with E-state index in [-0.39, 0.29) is 32.7 Å². The number of hydrogen-bond acceptors (Lipinski definition) is 1. The summed E-state index contributed by atoms with van der Waals surface area (Å²) in [5.41, 5.74) is 0. The monoisotopic (exact) mass is 159 g/mol. The molecule has 0 aromatic rings. The second kappa shape index (κ2) is 5.64. The largest absolute Gasteiger partial charge is 0.560 e. The Bertz CT molecular complexity index is 34.5. The Morgan fingerprint density at radius 1 is 1.50 bits per heavy atom. The van der Waals surface area contributed by atoms with Crippen LogP contribution in [-0.2, 0) is 32.7 Å². The summed E-state index contributed by atoms with van der Waals surface area (Å²) < 4.78 is 0. The summed E-state index contributed by atoms with van der Waals surface area (Å²) in [5, 5.41) is 0. The molecule has 1 nitrogen and oxygen atoms in total. The van der Waals surface area contributed by atoms with E-state index < -0.39 is 0 Å². The first-order chi connectivity index (χ1) is 2.27. The van der Waals surface area contributed by atoms with Crippen LogP contribution in [0.25, 0.3) is 0 Å². The maximum atomic E-state index is 3.36. The van der Waals surface area contributed by atoms with E-state index in [0.29, 0.717) is 0 Å². The van der Waals surface area contributed by atoms with Crippen molar-refractivity contribution >= 4 is 0 Å². The van der Waals surface area contributed by atoms with Crippen LogP contribution in [0.2, 0.25) is 0 Å². The molecule has 0 heterocycles. The zero-order valence-electron chi connectivity index (χ0n) is 4.23. The molecule has 0 atom stereocenters. The van der Waals surface area contributed by atoms with Gasteiger partial charge in [0, 0.05) is 32.7 Å². The van der Waals surface area contributed by atoms with Gasteiger partial charge in [-0.2, -0.15) is 0 Å². The molecule has 33 valence electrons. The van der Waals surface area contributed by atoms with Crippen LogP contribution in [0.15, 0.2) is 6.58 Å². The minimum atomic E-state index is 0. The Labute approximate surface area is 64.3 Å². The van der Waals surface area contributed by atoms with Crippen molar-refractivity contribution in [2.45, 2.75) is 0 Å². The SMILES string of the molecule is C=[C-]N(C)C.[Y]. The Hall–Kier alpha value is 0.644. The first-order valence-electron chi connectivity index (χ1n) is 1.47. The number of hydrogen-bond donors (Lipinski definition) is 0. The molecule has 0 aliphatic heterocycles. The number of nitrogens with zero attached hydrogens (tertiary/aromatic N) is 1. The Balaban J connectivity index is 0. The maximum absolute atomic E-state index is 3.36. The van der Waals surface area contributed by atoms with Gasteiger partial charge in [0.25, 0.3) is 0 Å². The summed E-state index contributed by atoms with van der Waals surface area (Å²) in [6.07, 6.45) is 2.61. The van der Waals surface area contributed by atoms with Gasteiger partial charge >= 0.3 is 0 Å². The van der Waals surface area contributed by atoms with E-state index in [0.717, 1.165) is 0 Å². The Morgan fingerprint density at radius 3 is 1.67 bits per heavy atom. The number of rotatable bonds is 1. The fourth-order valence-electron chi connectivity index (χ4n) is 0. The third-order valence-corrected chi connectivity index (χ3v) is 0.316. The average molecular weight is 159 g/mol. The molecule has 0 rings (SSSR count). The van der Waals surface area contributed by atoms with Gasteiger partial charge in [-0.15, -0.1) is 0 Å². The standard InChI is InChI=1S/C4H8N.Y/c1-4-5(2)3;/h1H2,2-3H3;/q-1;. The average Bonchev–Trinajstić information content (AvgIpc) is 1.38. The summed E-state index contributed by atoms with van der Waals surface area (Å²) in [6, 6.07) is 0. The molecule has 0 saturated heterocycles. The molecule has 2 heteroatoms. The van der Waals surface area contributed by atoms with E-state index in [2.05, 4.69) is 12.8 Å². The first kappa shape index (κ1) is 9.81. The second-order valence-electron chi connectivity index (χ2n) is 1.05. The van der Waals surface area contributed by atoms with Gasteiger partial charge in [0.1, 0.15) is 0 Å². The van der Waals surface area contributed by atoms with Crippen molar-refractivity contribution in [2.24, 2.45) is 0 Å². The quantitative estimate of drug-likeness (QED) is 0.397. The molecule has 0 aromatic heterocycles. The minimum absolute atomic E-state index is 0. The molecule has 6 heavy (non-hydrogen) atoms. The second-order valence-corrected chi connectivity index (χ2v) is 1.05. The molecule has 0 aliphatic rings. The van der Waals surface area contributed by atoms with Gasteiger partial charge in [-0.3, -0.25) is 6.58 Å². The molecule has 0 N–H and O–H groups in total. The summed E-state index contributed by atoms with van der Waals surface area (Å²) in [6.45, 7) is 3.36. The Morgan fingerprint density at radius 2 is 1.67 bits per heavy atom. The van der Waals surface area contributed by atoms with E-state index in [1.807, 2.05) is 14.1 Å². The van der Waals surface area contributed by atoms with E-state index in [4.69, 9.17) is 0 Å². The molecule has 0 unspecified atom stereocenters. The van der Waals surface area contributed by atoms with Crippen LogP contribution < -0.4 is 0 Å². The summed E-state index contributed by atoms with van der Waals surface area (Å²) in [4.78, 5) is 1.76. The van der Waals surface area contributed by atoms with Gasteiger partial charge in [-0.05, 0) is 14.1 Å². The van der Waals surface area contributed by atoms with Crippen molar-refractivity contribution in [1.29, 1.82) is 0 Å². The van der Waals surface area contributed by atoms with E-state index in [9.17, 15) is 0 Å². The van der Waals surface area contributed by atoms with E-state index in [1.165, 1.54) is 0 Å². The smallest absolute Gasteiger partial charge is 0 e. The van der Waals surface area contributed by atoms with Crippen LogP contribution in [0.1, 0.15) is 0 Å². The topological polar surface area (TPSA) is 3.24 Å². The first-order valence-corrected chi connectivity index (χ1v) is 1.47. The summed E-state index contributed by atoms with van der Waals surface area (Å²) >= 11 is 0. The fraction of sp³-hybridized carbons (Fsp3) is 0.500. The van der Waals surface area contributed by atoms with Crippen molar-refractivity contribution in [2.75, 3.05) is 14.1 Å². The van der Waals surface area contributed by atoms with Gasteiger partial charge < -0.3 is 11.1 Å². The van der Waals surface area contributed by atoms with Crippen LogP contribution in [0.3, 0.4) is 0 Å². The predicted octanol–water partition coefficient (Wildman–Crippen LogP) is 0.492. The van der Waals surface area contributed by atoms with E-state index in [1.54, 1.807) is 4.90 Å². The van der Waals surface area contributed by atoms with Crippen molar-refractivity contribution in [3.8, 4) is 0 Å². The maximum Gasteiger partial charge on any atom is 0 e. The molecule has 0 bridgehead atoms. The zero-order valence-corrected chi connectivity index (χ0v) is 7.07. The van der Waals surface area contributed by atoms with E-state index >= 15 is 0 Å². The van der Waals surface area contributed by atoms with Crippen molar-refractivity contribution < 1.29 is 32.7 Å². The third-order valence-electron chi connectivity index (χ3n) is 0.316. The van der Waals surface area contributed by atoms with Gasteiger partial charge in [0.15, 0.2) is 0 Å². The Kier molecular flexibility index (Phi) is 9.23. The summed E-state index contributed by atoms with van der Waals surface area (Å²) in [7, 11) is 3.76. The van der Waals surface area contributed by atoms with Crippen LogP contribution in [-0.4, -0.2) is 19.0 Å². The normalized spacial score (nSPS) is 5.67.